The highest BCUT2D eigenvalue weighted by Crippen LogP contribution is 2.17. The zero-order valence-corrected chi connectivity index (χ0v) is 9.89. The van der Waals surface area contributed by atoms with E-state index in [9.17, 15) is 13.5 Å². The van der Waals surface area contributed by atoms with Crippen LogP contribution >= 0.6 is 0 Å². The van der Waals surface area contributed by atoms with E-state index < -0.39 is 10.0 Å². The first-order valence-corrected chi connectivity index (χ1v) is 7.24. The third-order valence-corrected chi connectivity index (χ3v) is 3.35. The van der Waals surface area contributed by atoms with E-state index in [1.165, 1.54) is 0 Å². The van der Waals surface area contributed by atoms with Gasteiger partial charge in [-0.2, -0.15) is 0 Å². The molecule has 0 saturated heterocycles. The van der Waals surface area contributed by atoms with Gasteiger partial charge in [0.25, 0.3) is 0 Å². The molecule has 1 saturated carbocycles. The summed E-state index contributed by atoms with van der Waals surface area (Å²) in [5.74, 6) is 0. The average molecular weight is 236 g/mol. The second-order valence-corrected chi connectivity index (χ2v) is 5.91. The molecule has 5 nitrogen and oxygen atoms in total. The molecule has 1 aliphatic carbocycles. The third-order valence-electron chi connectivity index (χ3n) is 2.63. The number of aliphatic hydroxyl groups excluding tert-OH is 1. The molecule has 3 N–H and O–H groups in total. The van der Waals surface area contributed by atoms with Gasteiger partial charge in [-0.1, -0.05) is 12.8 Å². The number of nitrogens with one attached hydrogen (secondary N) is 2. The van der Waals surface area contributed by atoms with Gasteiger partial charge in [-0.15, -0.1) is 0 Å². The summed E-state index contributed by atoms with van der Waals surface area (Å²) in [7, 11) is -3.09. The Morgan fingerprint density at radius 3 is 2.53 bits per heavy atom. The monoisotopic (exact) mass is 236 g/mol. The molecule has 0 heterocycles. The van der Waals surface area contributed by atoms with Crippen molar-refractivity contribution in [3.63, 3.8) is 0 Å². The highest BCUT2D eigenvalue weighted by molar-refractivity contribution is 7.88. The van der Waals surface area contributed by atoms with Crippen LogP contribution in [0.2, 0.25) is 0 Å². The fraction of sp³-hybridized carbons (Fsp3) is 1.00. The Hall–Kier alpha value is -0.170. The maximum Gasteiger partial charge on any atom is 0.208 e. The van der Waals surface area contributed by atoms with Crippen molar-refractivity contribution in [1.82, 2.24) is 10.0 Å². The van der Waals surface area contributed by atoms with Crippen molar-refractivity contribution in [1.29, 1.82) is 0 Å². The number of hydrogen-bond acceptors (Lipinski definition) is 4. The van der Waals surface area contributed by atoms with Crippen molar-refractivity contribution < 1.29 is 13.5 Å². The van der Waals surface area contributed by atoms with Gasteiger partial charge >= 0.3 is 0 Å². The summed E-state index contributed by atoms with van der Waals surface area (Å²) in [4.78, 5) is 0. The predicted octanol–water partition coefficient (Wildman–Crippen LogP) is -0.571. The average Bonchev–Trinajstić information content (AvgIpc) is 2.13. The van der Waals surface area contributed by atoms with Crippen LogP contribution in [0.3, 0.4) is 0 Å². The normalized spacial score (nSPS) is 27.9. The van der Waals surface area contributed by atoms with Crippen LogP contribution in [0.1, 0.15) is 25.7 Å². The van der Waals surface area contributed by atoms with E-state index in [1.807, 2.05) is 0 Å². The summed E-state index contributed by atoms with van der Waals surface area (Å²) < 4.78 is 23.9. The molecule has 90 valence electrons. The smallest absolute Gasteiger partial charge is 0.208 e. The second-order valence-electron chi connectivity index (χ2n) is 4.08. The highest BCUT2D eigenvalue weighted by Gasteiger charge is 2.21. The van der Waals surface area contributed by atoms with E-state index in [4.69, 9.17) is 0 Å². The molecule has 0 radical (unpaired) electrons. The molecule has 0 aliphatic heterocycles. The van der Waals surface area contributed by atoms with Gasteiger partial charge in [0.15, 0.2) is 0 Å². The van der Waals surface area contributed by atoms with Gasteiger partial charge in [0.05, 0.1) is 12.4 Å². The first-order chi connectivity index (χ1) is 6.99. The van der Waals surface area contributed by atoms with Crippen molar-refractivity contribution in [2.45, 2.75) is 37.8 Å². The van der Waals surface area contributed by atoms with Gasteiger partial charge < -0.3 is 10.4 Å². The summed E-state index contributed by atoms with van der Waals surface area (Å²) in [6, 6.07) is 0.125. The quantitative estimate of drug-likeness (QED) is 0.559. The summed E-state index contributed by atoms with van der Waals surface area (Å²) in [5.41, 5.74) is 0. The Labute approximate surface area is 91.3 Å². The molecular weight excluding hydrogens is 216 g/mol. The summed E-state index contributed by atoms with van der Waals surface area (Å²) in [5, 5.41) is 12.8. The van der Waals surface area contributed by atoms with Crippen molar-refractivity contribution in [3.05, 3.63) is 0 Å². The molecule has 2 unspecified atom stereocenters. The van der Waals surface area contributed by atoms with Gasteiger partial charge in [0.1, 0.15) is 0 Å². The Morgan fingerprint density at radius 1 is 1.27 bits per heavy atom. The van der Waals surface area contributed by atoms with E-state index >= 15 is 0 Å². The molecule has 1 rings (SSSR count). The lowest BCUT2D eigenvalue weighted by Gasteiger charge is -2.28. The van der Waals surface area contributed by atoms with Gasteiger partial charge in [0, 0.05) is 19.1 Å². The second kappa shape index (κ2) is 5.79. The molecule has 2 atom stereocenters. The van der Waals surface area contributed by atoms with Crippen LogP contribution in [0.5, 0.6) is 0 Å². The summed E-state index contributed by atoms with van der Waals surface area (Å²) in [6.07, 6.45) is 4.89. The van der Waals surface area contributed by atoms with E-state index in [0.717, 1.165) is 31.9 Å². The van der Waals surface area contributed by atoms with Gasteiger partial charge in [-0.05, 0) is 12.8 Å². The minimum atomic E-state index is -3.09. The molecular formula is C9H20N2O3S. The van der Waals surface area contributed by atoms with Gasteiger partial charge in [-0.3, -0.25) is 0 Å². The van der Waals surface area contributed by atoms with Crippen molar-refractivity contribution in [2.24, 2.45) is 0 Å². The zero-order chi connectivity index (χ0) is 11.3. The van der Waals surface area contributed by atoms with Crippen molar-refractivity contribution in [3.8, 4) is 0 Å². The van der Waals surface area contributed by atoms with Crippen LogP contribution in [0.25, 0.3) is 0 Å². The lowest BCUT2D eigenvalue weighted by Crippen LogP contribution is -2.44. The minimum Gasteiger partial charge on any atom is -0.392 e. The van der Waals surface area contributed by atoms with Crippen molar-refractivity contribution >= 4 is 10.0 Å². The molecule has 6 heteroatoms. The molecule has 1 aliphatic rings. The largest absolute Gasteiger partial charge is 0.392 e. The maximum atomic E-state index is 10.8. The number of hydrogen-bond donors (Lipinski definition) is 3. The fourth-order valence-corrected chi connectivity index (χ4v) is 2.32. The van der Waals surface area contributed by atoms with Crippen LogP contribution in [0.4, 0.5) is 0 Å². The zero-order valence-electron chi connectivity index (χ0n) is 9.07. The van der Waals surface area contributed by atoms with E-state index in [1.54, 1.807) is 0 Å². The van der Waals surface area contributed by atoms with E-state index in [0.29, 0.717) is 13.1 Å². The van der Waals surface area contributed by atoms with E-state index in [-0.39, 0.29) is 12.1 Å². The van der Waals surface area contributed by atoms with Crippen LogP contribution in [-0.4, -0.2) is 45.0 Å². The SMILES string of the molecule is CS(=O)(=O)NCCNC1CCCCC1O. The fourth-order valence-electron chi connectivity index (χ4n) is 1.84. The van der Waals surface area contributed by atoms with Crippen molar-refractivity contribution in [2.75, 3.05) is 19.3 Å². The maximum absolute atomic E-state index is 10.8. The summed E-state index contributed by atoms with van der Waals surface area (Å²) in [6.45, 7) is 0.941. The Bertz CT molecular complexity index is 279. The molecule has 1 fully saturated rings. The number of sulfonamides is 1. The molecule has 15 heavy (non-hydrogen) atoms. The third kappa shape index (κ3) is 5.46. The molecule has 0 bridgehead atoms. The van der Waals surface area contributed by atoms with Crippen LogP contribution < -0.4 is 10.0 Å². The first-order valence-electron chi connectivity index (χ1n) is 5.35. The Morgan fingerprint density at radius 2 is 1.93 bits per heavy atom. The number of rotatable bonds is 5. The summed E-state index contributed by atoms with van der Waals surface area (Å²) >= 11 is 0. The Kier molecular flexibility index (Phi) is 4.98. The van der Waals surface area contributed by atoms with Crippen LogP contribution in [0, 0.1) is 0 Å². The van der Waals surface area contributed by atoms with Crippen LogP contribution in [0.15, 0.2) is 0 Å². The lowest BCUT2D eigenvalue weighted by atomic mass is 9.93. The minimum absolute atomic E-state index is 0.125. The van der Waals surface area contributed by atoms with Gasteiger partial charge in [0.2, 0.25) is 10.0 Å². The molecule has 0 aromatic heterocycles. The lowest BCUT2D eigenvalue weighted by molar-refractivity contribution is 0.0915. The topological polar surface area (TPSA) is 78.4 Å². The standard InChI is InChI=1S/C9H20N2O3S/c1-15(13,14)11-7-6-10-8-4-2-3-5-9(8)12/h8-12H,2-7H2,1H3. The predicted molar refractivity (Wildman–Crippen MR) is 59.1 cm³/mol. The van der Waals surface area contributed by atoms with Crippen LogP contribution in [-0.2, 0) is 10.0 Å². The molecule has 0 spiro atoms. The first kappa shape index (κ1) is 12.9. The molecule has 0 amide bonds. The number of aliphatic hydroxyl groups is 1. The Balaban J connectivity index is 2.14. The van der Waals surface area contributed by atoms with Gasteiger partial charge in [-0.25, -0.2) is 13.1 Å². The highest BCUT2D eigenvalue weighted by atomic mass is 32.2. The molecule has 0 aromatic rings. The van der Waals surface area contributed by atoms with E-state index in [2.05, 4.69) is 10.0 Å². The molecule has 0 aromatic carbocycles.